The summed E-state index contributed by atoms with van der Waals surface area (Å²) in [4.78, 5) is 12.1. The van der Waals surface area contributed by atoms with Crippen molar-refractivity contribution >= 4 is 5.91 Å². The number of allylic oxidation sites excluding steroid dienone is 2. The first-order valence-corrected chi connectivity index (χ1v) is 9.81. The number of ether oxygens (including phenoxy) is 1. The number of unbranched alkanes of at least 4 members (excludes halogenated alkanes) is 2. The van der Waals surface area contributed by atoms with Crippen LogP contribution in [0, 0.1) is 5.92 Å². The lowest BCUT2D eigenvalue weighted by molar-refractivity contribution is 0.0107. The molecule has 0 radical (unpaired) electrons. The molecule has 0 bridgehead atoms. The molecule has 142 valence electrons. The molecule has 26 heavy (non-hydrogen) atoms. The Balaban J connectivity index is 2.15. The van der Waals surface area contributed by atoms with Crippen LogP contribution < -0.4 is 10.5 Å². The van der Waals surface area contributed by atoms with Crippen molar-refractivity contribution in [1.29, 1.82) is 0 Å². The summed E-state index contributed by atoms with van der Waals surface area (Å²) in [5.74, 6) is 0.505. The minimum atomic E-state index is -0.560. The van der Waals surface area contributed by atoms with E-state index in [0.717, 1.165) is 49.7 Å². The summed E-state index contributed by atoms with van der Waals surface area (Å²) in [5.41, 5.74) is 8.47. The van der Waals surface area contributed by atoms with Gasteiger partial charge >= 0.3 is 0 Å². The smallest absolute Gasteiger partial charge is 0.252 e. The monoisotopic (exact) mass is 357 g/mol. The maximum atomic E-state index is 12.1. The summed E-state index contributed by atoms with van der Waals surface area (Å²) in [6.45, 7) is 8.52. The zero-order valence-corrected chi connectivity index (χ0v) is 16.4. The summed E-state index contributed by atoms with van der Waals surface area (Å²) in [6.07, 6.45) is 8.15. The van der Waals surface area contributed by atoms with Gasteiger partial charge in [0.05, 0.1) is 5.56 Å². The second-order valence-corrected chi connectivity index (χ2v) is 8.38. The normalized spacial score (nSPS) is 23.5. The Kier molecular flexibility index (Phi) is 5.05. The van der Waals surface area contributed by atoms with Crippen molar-refractivity contribution in [2.75, 3.05) is 0 Å². The molecule has 2 unspecified atom stereocenters. The standard InChI is InChI=1S/C22H31NO3/c1-5-6-7-8-14-12-17-19(20(24)18(14)21(23)25)15-11-13(2)9-10-16(15)22(3,4)26-17/h11-12,15-16,24H,5-10H2,1-4H3,(H2,23,25). The largest absolute Gasteiger partial charge is 0.507 e. The molecular formula is C22H31NO3. The predicted octanol–water partition coefficient (Wildman–Crippen LogP) is 4.83. The summed E-state index contributed by atoms with van der Waals surface area (Å²) in [6, 6.07) is 1.94. The molecule has 0 saturated carbocycles. The maximum absolute atomic E-state index is 12.1. The summed E-state index contributed by atoms with van der Waals surface area (Å²) in [7, 11) is 0. The van der Waals surface area contributed by atoms with Crippen LogP contribution in [0.5, 0.6) is 11.5 Å². The molecule has 1 aliphatic heterocycles. The number of rotatable bonds is 5. The van der Waals surface area contributed by atoms with E-state index in [1.54, 1.807) is 0 Å². The van der Waals surface area contributed by atoms with E-state index < -0.39 is 5.91 Å². The number of phenols is 1. The Morgan fingerprint density at radius 3 is 2.77 bits per heavy atom. The third-order valence-corrected chi connectivity index (χ3v) is 6.03. The molecule has 1 amide bonds. The molecular weight excluding hydrogens is 326 g/mol. The lowest BCUT2D eigenvalue weighted by atomic mass is 9.67. The Labute approximate surface area is 156 Å². The number of carbonyl (C=O) groups excluding carboxylic acids is 1. The molecule has 2 aliphatic rings. The predicted molar refractivity (Wildman–Crippen MR) is 104 cm³/mol. The first-order chi connectivity index (χ1) is 12.3. The molecule has 4 heteroatoms. The van der Waals surface area contributed by atoms with Crippen LogP contribution in [-0.2, 0) is 6.42 Å². The molecule has 2 atom stereocenters. The molecule has 4 nitrogen and oxygen atoms in total. The topological polar surface area (TPSA) is 72.5 Å². The molecule has 1 aromatic rings. The first-order valence-electron chi connectivity index (χ1n) is 9.81. The average molecular weight is 357 g/mol. The molecule has 0 aromatic heterocycles. The van der Waals surface area contributed by atoms with Gasteiger partial charge in [0.1, 0.15) is 17.1 Å². The van der Waals surface area contributed by atoms with Crippen molar-refractivity contribution in [2.45, 2.75) is 77.7 Å². The van der Waals surface area contributed by atoms with E-state index in [1.807, 2.05) is 6.07 Å². The number of benzene rings is 1. The van der Waals surface area contributed by atoms with Crippen LogP contribution in [0.3, 0.4) is 0 Å². The van der Waals surface area contributed by atoms with Crippen LogP contribution in [0.25, 0.3) is 0 Å². The number of amides is 1. The van der Waals surface area contributed by atoms with Gasteiger partial charge in [-0.2, -0.15) is 0 Å². The lowest BCUT2D eigenvalue weighted by Gasteiger charge is -2.46. The number of carbonyl (C=O) groups is 1. The van der Waals surface area contributed by atoms with Gasteiger partial charge in [0.15, 0.2) is 0 Å². The highest BCUT2D eigenvalue weighted by molar-refractivity contribution is 5.98. The highest BCUT2D eigenvalue weighted by Gasteiger charge is 2.46. The van der Waals surface area contributed by atoms with Crippen LogP contribution in [-0.4, -0.2) is 16.6 Å². The van der Waals surface area contributed by atoms with Crippen molar-refractivity contribution < 1.29 is 14.6 Å². The number of aromatic hydroxyl groups is 1. The molecule has 0 saturated heterocycles. The lowest BCUT2D eigenvalue weighted by Crippen LogP contribution is -2.45. The van der Waals surface area contributed by atoms with Gasteiger partial charge in [-0.3, -0.25) is 4.79 Å². The quantitative estimate of drug-likeness (QED) is 0.585. The molecule has 0 fully saturated rings. The first kappa shape index (κ1) is 18.8. The molecule has 3 N–H and O–H groups in total. The van der Waals surface area contributed by atoms with Crippen LogP contribution in [0.4, 0.5) is 0 Å². The van der Waals surface area contributed by atoms with Gasteiger partial charge in [-0.25, -0.2) is 0 Å². The third-order valence-electron chi connectivity index (χ3n) is 6.03. The van der Waals surface area contributed by atoms with Gasteiger partial charge in [-0.05, 0) is 58.1 Å². The Hall–Kier alpha value is -1.97. The Morgan fingerprint density at radius 2 is 2.12 bits per heavy atom. The average Bonchev–Trinajstić information content (AvgIpc) is 2.53. The van der Waals surface area contributed by atoms with Crippen LogP contribution in [0.2, 0.25) is 0 Å². The van der Waals surface area contributed by atoms with Gasteiger partial charge < -0.3 is 15.6 Å². The fraction of sp³-hybridized carbons (Fsp3) is 0.591. The highest BCUT2D eigenvalue weighted by atomic mass is 16.5. The number of hydrogen-bond acceptors (Lipinski definition) is 3. The number of hydrogen-bond donors (Lipinski definition) is 2. The van der Waals surface area contributed by atoms with E-state index in [0.29, 0.717) is 5.75 Å². The molecule has 1 aliphatic carbocycles. The number of aryl methyl sites for hydroxylation is 1. The zero-order valence-electron chi connectivity index (χ0n) is 16.4. The fourth-order valence-corrected chi connectivity index (χ4v) is 4.65. The van der Waals surface area contributed by atoms with Crippen LogP contribution in [0.15, 0.2) is 17.7 Å². The zero-order chi connectivity index (χ0) is 19.1. The number of primary amides is 1. The van der Waals surface area contributed by atoms with E-state index in [4.69, 9.17) is 10.5 Å². The van der Waals surface area contributed by atoms with E-state index >= 15 is 0 Å². The van der Waals surface area contributed by atoms with Crippen molar-refractivity contribution in [3.05, 3.63) is 34.4 Å². The van der Waals surface area contributed by atoms with Crippen molar-refractivity contribution in [3.63, 3.8) is 0 Å². The van der Waals surface area contributed by atoms with Gasteiger partial charge in [-0.1, -0.05) is 31.4 Å². The van der Waals surface area contributed by atoms with Crippen LogP contribution in [0.1, 0.15) is 87.2 Å². The fourth-order valence-electron chi connectivity index (χ4n) is 4.65. The SMILES string of the molecule is CCCCCc1cc2c(c(O)c1C(N)=O)C1C=C(C)CCC1C(C)(C)O2. The van der Waals surface area contributed by atoms with Gasteiger partial charge in [-0.15, -0.1) is 0 Å². The second kappa shape index (κ2) is 6.98. The van der Waals surface area contributed by atoms with Crippen molar-refractivity contribution in [3.8, 4) is 11.5 Å². The Morgan fingerprint density at radius 1 is 1.38 bits per heavy atom. The maximum Gasteiger partial charge on any atom is 0.252 e. The van der Waals surface area contributed by atoms with Gasteiger partial charge in [0.25, 0.3) is 5.91 Å². The molecule has 0 spiro atoms. The minimum absolute atomic E-state index is 0.0259. The third kappa shape index (κ3) is 3.22. The van der Waals surface area contributed by atoms with Crippen LogP contribution >= 0.6 is 0 Å². The van der Waals surface area contributed by atoms with E-state index in [1.165, 1.54) is 5.57 Å². The van der Waals surface area contributed by atoms with Gasteiger partial charge in [0.2, 0.25) is 0 Å². The molecule has 1 heterocycles. The highest BCUT2D eigenvalue weighted by Crippen LogP contribution is 2.54. The summed E-state index contributed by atoms with van der Waals surface area (Å²) < 4.78 is 6.35. The Bertz CT molecular complexity index is 748. The van der Waals surface area contributed by atoms with E-state index in [-0.39, 0.29) is 28.7 Å². The van der Waals surface area contributed by atoms with Crippen molar-refractivity contribution in [2.24, 2.45) is 11.7 Å². The van der Waals surface area contributed by atoms with E-state index in [2.05, 4.69) is 33.8 Å². The summed E-state index contributed by atoms with van der Waals surface area (Å²) >= 11 is 0. The van der Waals surface area contributed by atoms with Gasteiger partial charge in [0, 0.05) is 17.4 Å². The number of nitrogens with two attached hydrogens (primary N) is 1. The molecule has 3 rings (SSSR count). The number of fused-ring (bicyclic) bond motifs is 3. The van der Waals surface area contributed by atoms with Crippen molar-refractivity contribution in [1.82, 2.24) is 0 Å². The van der Waals surface area contributed by atoms with E-state index in [9.17, 15) is 9.90 Å². The minimum Gasteiger partial charge on any atom is -0.507 e. The second-order valence-electron chi connectivity index (χ2n) is 8.38. The summed E-state index contributed by atoms with van der Waals surface area (Å²) in [5, 5.41) is 11.0. The molecule has 1 aromatic carbocycles.